The van der Waals surface area contributed by atoms with Gasteiger partial charge in [-0.05, 0) is 0 Å². The summed E-state index contributed by atoms with van der Waals surface area (Å²) in [5.41, 5.74) is 0. The molecular formula is C6H14O3V. The molecule has 0 bridgehead atoms. The fraction of sp³-hybridized carbons (Fsp3) is 1.00. The zero-order valence-electron chi connectivity index (χ0n) is 6.50. The van der Waals surface area contributed by atoms with Crippen molar-refractivity contribution in [3.05, 3.63) is 0 Å². The van der Waals surface area contributed by atoms with Gasteiger partial charge in [0.05, 0.1) is 0 Å². The summed E-state index contributed by atoms with van der Waals surface area (Å²) < 4.78 is 8.19. The first-order valence-electron chi connectivity index (χ1n) is 3.17. The Bertz CT molecular complexity index is 28.2. The van der Waals surface area contributed by atoms with Crippen LogP contribution in [0.15, 0.2) is 0 Å². The Labute approximate surface area is 71.7 Å². The van der Waals surface area contributed by atoms with Crippen molar-refractivity contribution in [2.24, 2.45) is 0 Å². The van der Waals surface area contributed by atoms with Crippen LogP contribution in [0.1, 0.15) is 26.7 Å². The molecule has 0 atom stereocenters. The second-order valence-electron chi connectivity index (χ2n) is 1.41. The molecular weight excluding hydrogens is 171 g/mol. The maximum absolute atomic E-state index is 9.30. The first-order chi connectivity index (χ1) is 4.83. The van der Waals surface area contributed by atoms with Crippen molar-refractivity contribution in [2.75, 3.05) is 13.2 Å². The molecule has 0 fully saturated rings. The Morgan fingerprint density at radius 2 is 1.10 bits per heavy atom. The van der Waals surface area contributed by atoms with Gasteiger partial charge in [-0.3, -0.25) is 0 Å². The normalized spacial score (nSPS) is 6.60. The number of rotatable bonds is 2. The van der Waals surface area contributed by atoms with Crippen molar-refractivity contribution in [2.45, 2.75) is 26.7 Å². The summed E-state index contributed by atoms with van der Waals surface area (Å²) in [6.07, 6.45) is 1.53. The molecule has 0 aromatic carbocycles. The van der Waals surface area contributed by atoms with E-state index in [-0.39, 0.29) is 13.2 Å². The van der Waals surface area contributed by atoms with E-state index in [1.54, 1.807) is 0 Å². The molecule has 4 heteroatoms. The third-order valence-corrected chi connectivity index (χ3v) is 0.408. The van der Waals surface area contributed by atoms with Crippen molar-refractivity contribution >= 4 is 0 Å². The SMILES string of the molecule is CCC[O-].CCC[O-].[O]=[V+2]. The topological polar surface area (TPSA) is 63.2 Å². The molecule has 10 heavy (non-hydrogen) atoms. The summed E-state index contributed by atoms with van der Waals surface area (Å²) in [6.45, 7) is 3.88. The Hall–Kier alpha value is 0.304. The molecule has 0 rings (SSSR count). The third kappa shape index (κ3) is 83.4. The molecule has 0 aliphatic carbocycles. The van der Waals surface area contributed by atoms with E-state index in [2.05, 4.69) is 0 Å². The molecule has 0 saturated heterocycles. The van der Waals surface area contributed by atoms with Crippen LogP contribution in [0, 0.1) is 0 Å². The van der Waals surface area contributed by atoms with Gasteiger partial charge in [0, 0.05) is 0 Å². The summed E-state index contributed by atoms with van der Waals surface area (Å²) in [7, 11) is 0. The quantitative estimate of drug-likeness (QED) is 0.576. The second-order valence-corrected chi connectivity index (χ2v) is 1.41. The Balaban J connectivity index is -0.0000000787. The van der Waals surface area contributed by atoms with E-state index in [4.69, 9.17) is 3.67 Å². The predicted molar refractivity (Wildman–Crippen MR) is 31.0 cm³/mol. The van der Waals surface area contributed by atoms with Gasteiger partial charge in [-0.1, -0.05) is 26.7 Å². The van der Waals surface area contributed by atoms with Gasteiger partial charge in [0.25, 0.3) is 0 Å². The van der Waals surface area contributed by atoms with Gasteiger partial charge in [0.1, 0.15) is 0 Å². The fourth-order valence-corrected chi connectivity index (χ4v) is 0. The molecule has 0 aromatic heterocycles. The molecule has 0 aliphatic heterocycles. The molecule has 3 nitrogen and oxygen atoms in total. The summed E-state index contributed by atoms with van der Waals surface area (Å²) >= 11 is 1.06. The van der Waals surface area contributed by atoms with E-state index in [1.165, 1.54) is 0 Å². The van der Waals surface area contributed by atoms with Crippen LogP contribution in [0.25, 0.3) is 0 Å². The van der Waals surface area contributed by atoms with Gasteiger partial charge in [-0.25, -0.2) is 0 Å². The first-order valence-corrected chi connectivity index (χ1v) is 3.74. The molecule has 0 radical (unpaired) electrons. The van der Waals surface area contributed by atoms with Gasteiger partial charge in [0.15, 0.2) is 0 Å². The average Bonchev–Trinajstić information content (AvgIpc) is 2.08. The summed E-state index contributed by atoms with van der Waals surface area (Å²) in [5, 5.41) is 18.6. The van der Waals surface area contributed by atoms with E-state index >= 15 is 0 Å². The van der Waals surface area contributed by atoms with Crippen LogP contribution >= 0.6 is 0 Å². The second kappa shape index (κ2) is 34.6. The van der Waals surface area contributed by atoms with Crippen molar-refractivity contribution in [1.82, 2.24) is 0 Å². The van der Waals surface area contributed by atoms with E-state index in [1.807, 2.05) is 13.8 Å². The van der Waals surface area contributed by atoms with Gasteiger partial charge >= 0.3 is 21.0 Å². The van der Waals surface area contributed by atoms with Crippen LogP contribution in [0.3, 0.4) is 0 Å². The minimum absolute atomic E-state index is 0.0694. The standard InChI is InChI=1S/2C3H7O.O.V/c2*1-2-3-4;;/h2*2-3H2,1H3;;/q2*-1;;+2. The Morgan fingerprint density at radius 1 is 1.00 bits per heavy atom. The fourth-order valence-electron chi connectivity index (χ4n) is 0. The van der Waals surface area contributed by atoms with Crippen LogP contribution in [0.2, 0.25) is 0 Å². The van der Waals surface area contributed by atoms with Crippen LogP contribution < -0.4 is 10.2 Å². The zero-order valence-corrected chi connectivity index (χ0v) is 7.90. The summed E-state index contributed by atoms with van der Waals surface area (Å²) in [6, 6.07) is 0. The minimum atomic E-state index is 0.0694. The van der Waals surface area contributed by atoms with Crippen LogP contribution in [-0.4, -0.2) is 13.2 Å². The third-order valence-electron chi connectivity index (χ3n) is 0.408. The van der Waals surface area contributed by atoms with Gasteiger partial charge < -0.3 is 10.2 Å². The van der Waals surface area contributed by atoms with E-state index < -0.39 is 0 Å². The molecule has 0 saturated carbocycles. The van der Waals surface area contributed by atoms with Crippen molar-refractivity contribution in [3.8, 4) is 0 Å². The van der Waals surface area contributed by atoms with Gasteiger partial charge in [0.2, 0.25) is 0 Å². The van der Waals surface area contributed by atoms with E-state index in [9.17, 15) is 10.2 Å². The molecule has 0 aliphatic rings. The molecule has 0 heterocycles. The van der Waals surface area contributed by atoms with E-state index in [0.717, 1.165) is 30.2 Å². The van der Waals surface area contributed by atoms with Crippen molar-refractivity contribution in [1.29, 1.82) is 0 Å². The predicted octanol–water partition coefficient (Wildman–Crippen LogP) is -0.608. The van der Waals surface area contributed by atoms with Crippen molar-refractivity contribution in [3.63, 3.8) is 0 Å². The first kappa shape index (κ1) is 16.7. The van der Waals surface area contributed by atoms with Crippen molar-refractivity contribution < 1.29 is 31.3 Å². The molecule has 0 amide bonds. The Morgan fingerprint density at radius 3 is 1.10 bits per heavy atom. The van der Waals surface area contributed by atoms with E-state index in [0.29, 0.717) is 0 Å². The zero-order chi connectivity index (χ0) is 8.83. The van der Waals surface area contributed by atoms with Crippen LogP contribution in [-0.2, 0) is 21.0 Å². The van der Waals surface area contributed by atoms with Crippen LogP contribution in [0.5, 0.6) is 0 Å². The molecule has 0 aromatic rings. The number of hydrogen-bond acceptors (Lipinski definition) is 3. The average molecular weight is 185 g/mol. The Kier molecular flexibility index (Phi) is 57.9. The molecule has 0 N–H and O–H groups in total. The molecule has 0 unspecified atom stereocenters. The van der Waals surface area contributed by atoms with Gasteiger partial charge in [-0.15, -0.1) is 13.2 Å². The van der Waals surface area contributed by atoms with Gasteiger partial charge in [-0.2, -0.15) is 0 Å². The summed E-state index contributed by atoms with van der Waals surface area (Å²) in [5.74, 6) is 0. The molecule has 61 valence electrons. The number of hydrogen-bond donors (Lipinski definition) is 0. The monoisotopic (exact) mass is 185 g/mol. The maximum atomic E-state index is 9.30. The molecule has 0 spiro atoms. The van der Waals surface area contributed by atoms with Crippen LogP contribution in [0.4, 0.5) is 0 Å². The summed E-state index contributed by atoms with van der Waals surface area (Å²) in [4.78, 5) is 0.